The van der Waals surface area contributed by atoms with E-state index in [1.807, 2.05) is 58.2 Å². The number of aryl methyl sites for hydroxylation is 1. The van der Waals surface area contributed by atoms with Crippen molar-refractivity contribution in [3.63, 3.8) is 0 Å². The molecule has 5 nitrogen and oxygen atoms in total. The fraction of sp³-hybridized carbons (Fsp3) is 0.214. The van der Waals surface area contributed by atoms with Gasteiger partial charge in [-0.3, -0.25) is 9.38 Å². The van der Waals surface area contributed by atoms with Crippen molar-refractivity contribution in [1.82, 2.24) is 14.4 Å². The Morgan fingerprint density at radius 1 is 0.909 bits per heavy atom. The van der Waals surface area contributed by atoms with E-state index in [1.54, 1.807) is 0 Å². The lowest BCUT2D eigenvalue weighted by atomic mass is 10.0. The molecule has 0 atom stereocenters. The molecular formula is C28H27N3O2. The molecule has 0 aliphatic heterocycles. The van der Waals surface area contributed by atoms with Crippen molar-refractivity contribution < 1.29 is 9.47 Å². The molecule has 0 amide bonds. The number of nitrogens with zero attached hydrogens (tertiary/aromatic N) is 3. The van der Waals surface area contributed by atoms with E-state index in [4.69, 9.17) is 19.4 Å². The molecule has 0 unspecified atom stereocenters. The van der Waals surface area contributed by atoms with Gasteiger partial charge in [-0.25, -0.2) is 4.98 Å². The van der Waals surface area contributed by atoms with Crippen LogP contribution in [0.2, 0.25) is 0 Å². The van der Waals surface area contributed by atoms with Crippen molar-refractivity contribution >= 4 is 16.6 Å². The van der Waals surface area contributed by atoms with Gasteiger partial charge in [0.2, 0.25) is 0 Å². The van der Waals surface area contributed by atoms with E-state index < -0.39 is 0 Å². The first-order chi connectivity index (χ1) is 16.0. The molecule has 0 fully saturated rings. The second-order valence-electron chi connectivity index (χ2n) is 8.40. The second-order valence-corrected chi connectivity index (χ2v) is 8.40. The van der Waals surface area contributed by atoms with Crippen LogP contribution in [0.15, 0.2) is 73.1 Å². The van der Waals surface area contributed by atoms with Crippen molar-refractivity contribution in [3.05, 3.63) is 78.8 Å². The van der Waals surface area contributed by atoms with Gasteiger partial charge >= 0.3 is 0 Å². The monoisotopic (exact) mass is 437 g/mol. The van der Waals surface area contributed by atoms with Crippen LogP contribution < -0.4 is 9.47 Å². The molecular weight excluding hydrogens is 410 g/mol. The van der Waals surface area contributed by atoms with Crippen LogP contribution in [0.25, 0.3) is 38.9 Å². The van der Waals surface area contributed by atoms with Crippen LogP contribution >= 0.6 is 0 Å². The van der Waals surface area contributed by atoms with Crippen LogP contribution in [0.3, 0.4) is 0 Å². The number of imidazole rings is 1. The number of benzene rings is 2. The maximum Gasteiger partial charge on any atom is 0.137 e. The van der Waals surface area contributed by atoms with Gasteiger partial charge in [0.25, 0.3) is 0 Å². The zero-order valence-electron chi connectivity index (χ0n) is 19.4. The van der Waals surface area contributed by atoms with Gasteiger partial charge in [-0.05, 0) is 87.4 Å². The van der Waals surface area contributed by atoms with Gasteiger partial charge in [-0.2, -0.15) is 0 Å². The molecule has 0 bridgehead atoms. The molecule has 3 aromatic heterocycles. The predicted octanol–water partition coefficient (Wildman–Crippen LogP) is 6.71. The fourth-order valence-electron chi connectivity index (χ4n) is 4.16. The predicted molar refractivity (Wildman–Crippen MR) is 133 cm³/mol. The zero-order chi connectivity index (χ0) is 22.9. The molecule has 5 rings (SSSR count). The standard InChI is InChI=1S/C28H27N3O2/c1-5-32-23-10-11-26-24(16-23)25(14-19(4)30-26)27-17-29-28-15-21(12-13-31(27)28)20-6-8-22(9-7-20)33-18(2)3/h6-18H,5H2,1-4H3. The molecule has 0 saturated carbocycles. The number of rotatable bonds is 6. The lowest BCUT2D eigenvalue weighted by Crippen LogP contribution is -2.05. The topological polar surface area (TPSA) is 48.7 Å². The number of hydrogen-bond donors (Lipinski definition) is 0. The summed E-state index contributed by atoms with van der Waals surface area (Å²) >= 11 is 0. The Kier molecular flexibility index (Phi) is 5.47. The molecule has 0 radical (unpaired) electrons. The summed E-state index contributed by atoms with van der Waals surface area (Å²) in [6.45, 7) is 8.70. The summed E-state index contributed by atoms with van der Waals surface area (Å²) < 4.78 is 13.6. The van der Waals surface area contributed by atoms with Crippen molar-refractivity contribution in [1.29, 1.82) is 0 Å². The maximum atomic E-state index is 5.77. The summed E-state index contributed by atoms with van der Waals surface area (Å²) in [6.07, 6.45) is 4.17. The lowest BCUT2D eigenvalue weighted by molar-refractivity contribution is 0.242. The Labute approximate surface area is 193 Å². The van der Waals surface area contributed by atoms with E-state index in [1.165, 1.54) is 0 Å². The molecule has 0 N–H and O–H groups in total. The maximum absolute atomic E-state index is 5.77. The van der Waals surface area contributed by atoms with Crippen molar-refractivity contribution in [2.24, 2.45) is 0 Å². The van der Waals surface area contributed by atoms with E-state index in [2.05, 4.69) is 47.0 Å². The summed E-state index contributed by atoms with van der Waals surface area (Å²) in [5.74, 6) is 1.72. The Bertz CT molecular complexity index is 1440. The van der Waals surface area contributed by atoms with Gasteiger partial charge in [0.1, 0.15) is 17.1 Å². The van der Waals surface area contributed by atoms with Gasteiger partial charge in [0.15, 0.2) is 0 Å². The highest BCUT2D eigenvalue weighted by Crippen LogP contribution is 2.33. The van der Waals surface area contributed by atoms with Crippen LogP contribution in [-0.2, 0) is 0 Å². The van der Waals surface area contributed by atoms with Crippen LogP contribution in [0.4, 0.5) is 0 Å². The quantitative estimate of drug-likeness (QED) is 0.296. The van der Waals surface area contributed by atoms with E-state index >= 15 is 0 Å². The Balaban J connectivity index is 1.57. The first-order valence-corrected chi connectivity index (χ1v) is 11.3. The highest BCUT2D eigenvalue weighted by Gasteiger charge is 2.13. The Hall–Kier alpha value is -3.86. The number of aromatic nitrogens is 3. The minimum atomic E-state index is 0.160. The Morgan fingerprint density at radius 2 is 1.70 bits per heavy atom. The zero-order valence-corrected chi connectivity index (χ0v) is 19.4. The second kappa shape index (κ2) is 8.58. The molecule has 166 valence electrons. The summed E-state index contributed by atoms with van der Waals surface area (Å²) in [7, 11) is 0. The first kappa shape index (κ1) is 21.0. The number of hydrogen-bond acceptors (Lipinski definition) is 4. The van der Waals surface area contributed by atoms with Gasteiger partial charge < -0.3 is 9.47 Å². The lowest BCUT2D eigenvalue weighted by Gasteiger charge is -2.11. The summed E-state index contributed by atoms with van der Waals surface area (Å²) in [6, 6.07) is 20.6. The molecule has 5 heteroatoms. The van der Waals surface area contributed by atoms with Crippen LogP contribution in [0, 0.1) is 6.92 Å². The van der Waals surface area contributed by atoms with Crippen LogP contribution in [-0.4, -0.2) is 27.1 Å². The summed E-state index contributed by atoms with van der Waals surface area (Å²) in [4.78, 5) is 9.43. The molecule has 5 aromatic rings. The average Bonchev–Trinajstić information content (AvgIpc) is 3.22. The average molecular weight is 438 g/mol. The molecule has 0 aliphatic rings. The minimum absolute atomic E-state index is 0.160. The summed E-state index contributed by atoms with van der Waals surface area (Å²) in [5, 5.41) is 1.05. The molecule has 33 heavy (non-hydrogen) atoms. The largest absolute Gasteiger partial charge is 0.494 e. The number of ether oxygens (including phenoxy) is 2. The van der Waals surface area contributed by atoms with Gasteiger partial charge in [-0.1, -0.05) is 12.1 Å². The first-order valence-electron chi connectivity index (χ1n) is 11.3. The SMILES string of the molecule is CCOc1ccc2nc(C)cc(-c3cnc4cc(-c5ccc(OC(C)C)cc5)ccn34)c2c1. The highest BCUT2D eigenvalue weighted by atomic mass is 16.5. The van der Waals surface area contributed by atoms with E-state index in [-0.39, 0.29) is 6.10 Å². The van der Waals surface area contributed by atoms with Crippen molar-refractivity contribution in [3.8, 4) is 33.9 Å². The van der Waals surface area contributed by atoms with Gasteiger partial charge in [-0.15, -0.1) is 0 Å². The molecule has 2 aromatic carbocycles. The van der Waals surface area contributed by atoms with Gasteiger partial charge in [0, 0.05) is 22.8 Å². The minimum Gasteiger partial charge on any atom is -0.494 e. The third-order valence-corrected chi connectivity index (χ3v) is 5.57. The third-order valence-electron chi connectivity index (χ3n) is 5.57. The van der Waals surface area contributed by atoms with Crippen molar-refractivity contribution in [2.75, 3.05) is 6.61 Å². The Morgan fingerprint density at radius 3 is 2.45 bits per heavy atom. The third kappa shape index (κ3) is 4.14. The number of fused-ring (bicyclic) bond motifs is 2. The van der Waals surface area contributed by atoms with Crippen molar-refractivity contribution in [2.45, 2.75) is 33.8 Å². The molecule has 0 aliphatic carbocycles. The van der Waals surface area contributed by atoms with E-state index in [9.17, 15) is 0 Å². The summed E-state index contributed by atoms with van der Waals surface area (Å²) in [5.41, 5.74) is 7.18. The highest BCUT2D eigenvalue weighted by molar-refractivity contribution is 5.95. The fourth-order valence-corrected chi connectivity index (χ4v) is 4.16. The van der Waals surface area contributed by atoms with Crippen LogP contribution in [0.5, 0.6) is 11.5 Å². The van der Waals surface area contributed by atoms with E-state index in [0.29, 0.717) is 6.61 Å². The molecule has 0 saturated heterocycles. The smallest absolute Gasteiger partial charge is 0.137 e. The molecule has 3 heterocycles. The van der Waals surface area contributed by atoms with Crippen LogP contribution in [0.1, 0.15) is 26.5 Å². The van der Waals surface area contributed by atoms with Gasteiger partial charge in [0.05, 0.1) is 30.1 Å². The molecule has 0 spiro atoms. The normalized spacial score (nSPS) is 11.4. The van der Waals surface area contributed by atoms with E-state index in [0.717, 1.165) is 56.1 Å². The number of pyridine rings is 2.